The highest BCUT2D eigenvalue weighted by Gasteiger charge is 2.21. The van der Waals surface area contributed by atoms with Crippen molar-refractivity contribution in [2.24, 2.45) is 11.7 Å². The molecule has 0 aliphatic heterocycles. The van der Waals surface area contributed by atoms with Crippen LogP contribution in [0.25, 0.3) is 0 Å². The number of rotatable bonds is 7. The van der Waals surface area contributed by atoms with Crippen LogP contribution in [-0.2, 0) is 16.1 Å². The van der Waals surface area contributed by atoms with Crippen molar-refractivity contribution in [3.63, 3.8) is 0 Å². The number of hydrogen-bond acceptors (Lipinski definition) is 4. The average molecular weight is 297 g/mol. The van der Waals surface area contributed by atoms with Crippen LogP contribution in [0.15, 0.2) is 12.4 Å². The lowest BCUT2D eigenvalue weighted by molar-refractivity contribution is -0.137. The highest BCUT2D eigenvalue weighted by Crippen LogP contribution is 2.10. The van der Waals surface area contributed by atoms with E-state index in [0.29, 0.717) is 12.1 Å². The standard InChI is InChI=1S/C12H19N5O4/c1-7(2)3-9(16-12(13)21)11(20)15-8-4-14-17(5-8)6-10(18)19/h4-5,7,9H,3,6H2,1-2H3,(H,15,20)(H,18,19)(H3,13,16,21). The second-order valence-corrected chi connectivity index (χ2v) is 5.00. The Labute approximate surface area is 121 Å². The topological polar surface area (TPSA) is 139 Å². The molecule has 1 atom stereocenters. The SMILES string of the molecule is CC(C)CC(NC(N)=O)C(=O)Nc1cnn(CC(=O)O)c1. The van der Waals surface area contributed by atoms with Crippen LogP contribution in [0.5, 0.6) is 0 Å². The molecule has 9 nitrogen and oxygen atoms in total. The van der Waals surface area contributed by atoms with Gasteiger partial charge >= 0.3 is 12.0 Å². The van der Waals surface area contributed by atoms with Crippen LogP contribution >= 0.6 is 0 Å². The zero-order chi connectivity index (χ0) is 16.0. The molecule has 0 saturated carbocycles. The largest absolute Gasteiger partial charge is 0.480 e. The van der Waals surface area contributed by atoms with Crippen molar-refractivity contribution in [1.82, 2.24) is 15.1 Å². The number of carboxylic acid groups (broad SMARTS) is 1. The lowest BCUT2D eigenvalue weighted by atomic mass is 10.0. The summed E-state index contributed by atoms with van der Waals surface area (Å²) in [4.78, 5) is 33.5. The first kappa shape index (κ1) is 16.5. The maximum Gasteiger partial charge on any atom is 0.325 e. The first-order chi connectivity index (χ1) is 9.77. The molecule has 1 aromatic rings. The number of aromatic nitrogens is 2. The molecule has 9 heteroatoms. The predicted octanol–water partition coefficient (Wildman–Crippen LogP) is -0.0108. The molecule has 0 aliphatic carbocycles. The highest BCUT2D eigenvalue weighted by molar-refractivity contribution is 5.96. The Hall–Kier alpha value is -2.58. The minimum atomic E-state index is -1.04. The van der Waals surface area contributed by atoms with Crippen molar-refractivity contribution in [3.8, 4) is 0 Å². The molecule has 3 amide bonds. The molecule has 1 rings (SSSR count). The number of hydrogen-bond donors (Lipinski definition) is 4. The molecule has 1 unspecified atom stereocenters. The lowest BCUT2D eigenvalue weighted by Gasteiger charge is -2.18. The highest BCUT2D eigenvalue weighted by atomic mass is 16.4. The molecule has 0 aromatic carbocycles. The minimum Gasteiger partial charge on any atom is -0.480 e. The van der Waals surface area contributed by atoms with Gasteiger partial charge in [0.1, 0.15) is 12.6 Å². The molecule has 1 aromatic heterocycles. The third kappa shape index (κ3) is 5.93. The van der Waals surface area contributed by atoms with Crippen molar-refractivity contribution >= 4 is 23.6 Å². The second-order valence-electron chi connectivity index (χ2n) is 5.00. The summed E-state index contributed by atoms with van der Waals surface area (Å²) in [5, 5.41) is 17.4. The molecule has 116 valence electrons. The summed E-state index contributed by atoms with van der Waals surface area (Å²) in [7, 11) is 0. The van der Waals surface area contributed by atoms with Gasteiger partial charge in [0.05, 0.1) is 11.9 Å². The van der Waals surface area contributed by atoms with Gasteiger partial charge in [0.15, 0.2) is 0 Å². The van der Waals surface area contributed by atoms with Gasteiger partial charge in [-0.1, -0.05) is 13.8 Å². The quantitative estimate of drug-likeness (QED) is 0.560. The van der Waals surface area contributed by atoms with E-state index in [0.717, 1.165) is 0 Å². The average Bonchev–Trinajstić information content (AvgIpc) is 2.73. The summed E-state index contributed by atoms with van der Waals surface area (Å²) in [6.45, 7) is 3.52. The third-order valence-corrected chi connectivity index (χ3v) is 2.54. The van der Waals surface area contributed by atoms with Gasteiger partial charge in [-0.2, -0.15) is 5.10 Å². The number of nitrogens with two attached hydrogens (primary N) is 1. The Morgan fingerprint density at radius 1 is 1.43 bits per heavy atom. The fourth-order valence-corrected chi connectivity index (χ4v) is 1.76. The zero-order valence-electron chi connectivity index (χ0n) is 11.9. The molecular weight excluding hydrogens is 278 g/mol. The summed E-state index contributed by atoms with van der Waals surface area (Å²) in [5.41, 5.74) is 5.40. The van der Waals surface area contributed by atoms with Gasteiger partial charge in [-0.25, -0.2) is 4.79 Å². The molecule has 21 heavy (non-hydrogen) atoms. The molecule has 0 spiro atoms. The number of aliphatic carboxylic acids is 1. The number of carbonyl (C=O) groups excluding carboxylic acids is 2. The number of amides is 3. The van der Waals surface area contributed by atoms with Gasteiger partial charge in [0, 0.05) is 6.20 Å². The van der Waals surface area contributed by atoms with Crippen LogP contribution < -0.4 is 16.4 Å². The van der Waals surface area contributed by atoms with Crippen LogP contribution in [0.4, 0.5) is 10.5 Å². The molecule has 5 N–H and O–H groups in total. The summed E-state index contributed by atoms with van der Waals surface area (Å²) in [5.74, 6) is -1.29. The molecule has 0 fully saturated rings. The van der Waals surface area contributed by atoms with Crippen LogP contribution in [0.1, 0.15) is 20.3 Å². The van der Waals surface area contributed by atoms with Crippen molar-refractivity contribution in [2.75, 3.05) is 5.32 Å². The maximum atomic E-state index is 12.1. The van der Waals surface area contributed by atoms with Crippen LogP contribution in [0.3, 0.4) is 0 Å². The van der Waals surface area contributed by atoms with Crippen molar-refractivity contribution in [2.45, 2.75) is 32.9 Å². The number of primary amides is 1. The smallest absolute Gasteiger partial charge is 0.325 e. The number of nitrogens with one attached hydrogen (secondary N) is 2. The molecule has 0 radical (unpaired) electrons. The zero-order valence-corrected chi connectivity index (χ0v) is 11.9. The van der Waals surface area contributed by atoms with E-state index in [2.05, 4.69) is 15.7 Å². The van der Waals surface area contributed by atoms with E-state index in [4.69, 9.17) is 10.8 Å². The minimum absolute atomic E-state index is 0.183. The number of anilines is 1. The van der Waals surface area contributed by atoms with Gasteiger partial charge in [-0.15, -0.1) is 0 Å². The number of carbonyl (C=O) groups is 3. The van der Waals surface area contributed by atoms with E-state index < -0.39 is 23.9 Å². The van der Waals surface area contributed by atoms with E-state index in [9.17, 15) is 14.4 Å². The van der Waals surface area contributed by atoms with E-state index in [1.165, 1.54) is 17.1 Å². The second kappa shape index (κ2) is 7.27. The Morgan fingerprint density at radius 3 is 2.62 bits per heavy atom. The summed E-state index contributed by atoms with van der Waals surface area (Å²) >= 11 is 0. The monoisotopic (exact) mass is 297 g/mol. The van der Waals surface area contributed by atoms with Crippen LogP contribution in [0.2, 0.25) is 0 Å². The molecule has 0 aliphatic rings. The number of carboxylic acids is 1. The first-order valence-corrected chi connectivity index (χ1v) is 6.39. The predicted molar refractivity (Wildman–Crippen MR) is 74.5 cm³/mol. The van der Waals surface area contributed by atoms with Gasteiger partial charge in [0.2, 0.25) is 5.91 Å². The lowest BCUT2D eigenvalue weighted by Crippen LogP contribution is -2.46. The van der Waals surface area contributed by atoms with Gasteiger partial charge in [-0.05, 0) is 12.3 Å². The Balaban J connectivity index is 2.69. The maximum absolute atomic E-state index is 12.1. The Kier molecular flexibility index (Phi) is 5.70. The normalized spacial score (nSPS) is 12.0. The van der Waals surface area contributed by atoms with Crippen LogP contribution in [0, 0.1) is 5.92 Å². The molecule has 1 heterocycles. The van der Waals surface area contributed by atoms with Crippen molar-refractivity contribution < 1.29 is 19.5 Å². The Bertz CT molecular complexity index is 525. The number of nitrogens with zero attached hydrogens (tertiary/aromatic N) is 2. The van der Waals surface area contributed by atoms with E-state index in [-0.39, 0.29) is 12.5 Å². The fourth-order valence-electron chi connectivity index (χ4n) is 1.76. The number of urea groups is 1. The third-order valence-electron chi connectivity index (χ3n) is 2.54. The van der Waals surface area contributed by atoms with Gasteiger partial charge in [0.25, 0.3) is 0 Å². The van der Waals surface area contributed by atoms with E-state index in [1.54, 1.807) is 0 Å². The Morgan fingerprint density at radius 2 is 2.10 bits per heavy atom. The molecule has 0 saturated heterocycles. The summed E-state index contributed by atoms with van der Waals surface area (Å²) < 4.78 is 1.18. The summed E-state index contributed by atoms with van der Waals surface area (Å²) in [6.07, 6.45) is 3.15. The van der Waals surface area contributed by atoms with Crippen molar-refractivity contribution in [3.05, 3.63) is 12.4 Å². The van der Waals surface area contributed by atoms with Gasteiger partial charge < -0.3 is 21.5 Å². The molecular formula is C12H19N5O4. The molecule has 0 bridgehead atoms. The van der Waals surface area contributed by atoms with E-state index in [1.807, 2.05) is 13.8 Å². The van der Waals surface area contributed by atoms with Gasteiger partial charge in [-0.3, -0.25) is 14.3 Å². The van der Waals surface area contributed by atoms with Crippen molar-refractivity contribution in [1.29, 1.82) is 0 Å². The fraction of sp³-hybridized carbons (Fsp3) is 0.500. The van der Waals surface area contributed by atoms with E-state index >= 15 is 0 Å². The van der Waals surface area contributed by atoms with Crippen LogP contribution in [-0.4, -0.2) is 38.8 Å². The summed E-state index contributed by atoms with van der Waals surface area (Å²) in [6, 6.07) is -1.54. The first-order valence-electron chi connectivity index (χ1n) is 6.39.